The average Bonchev–Trinajstić information content (AvgIpc) is 1.09. The Morgan fingerprint density at radius 3 is 1.22 bits per heavy atom. The van der Waals surface area contributed by atoms with Gasteiger partial charge in [0.2, 0.25) is 0 Å². The molecule has 0 aliphatic heterocycles. The number of furan rings is 2. The Morgan fingerprint density at radius 2 is 0.830 bits per heavy atom. The number of allylic oxidation sites excluding steroid dienone is 4. The fourth-order valence-corrected chi connectivity index (χ4v) is 17.7. The van der Waals surface area contributed by atoms with E-state index in [0.717, 1.165) is 129 Å². The number of rotatable bonds is 18. The van der Waals surface area contributed by atoms with E-state index < -0.39 is 21.3 Å². The van der Waals surface area contributed by atoms with Crippen LogP contribution in [0.2, 0.25) is 36.9 Å². The number of nitrogens with zero attached hydrogens (tertiary/aromatic N) is 2. The number of hydrogen-bond donors (Lipinski definition) is 2. The molecule has 12 rings (SSSR count). The first-order valence-corrected chi connectivity index (χ1v) is 44.2. The van der Waals surface area contributed by atoms with Crippen molar-refractivity contribution in [1.82, 2.24) is 9.97 Å². The summed E-state index contributed by atoms with van der Waals surface area (Å²) in [6.45, 7) is 23.3. The van der Waals surface area contributed by atoms with Crippen molar-refractivity contribution in [2.45, 2.75) is 144 Å². The molecule has 0 aliphatic carbocycles. The van der Waals surface area contributed by atoms with Crippen molar-refractivity contribution in [3.05, 3.63) is 194 Å². The molecule has 8 nitrogen and oxygen atoms in total. The van der Waals surface area contributed by atoms with E-state index in [0.29, 0.717) is 0 Å². The van der Waals surface area contributed by atoms with Gasteiger partial charge in [-0.05, 0) is 80.0 Å². The maximum atomic E-state index is 11.7. The van der Waals surface area contributed by atoms with E-state index in [9.17, 15) is 19.8 Å². The molecule has 2 radical (unpaired) electrons. The number of ketones is 2. The first kappa shape index (κ1) is 74.6. The summed E-state index contributed by atoms with van der Waals surface area (Å²) in [5.74, 6) is 8.45. The van der Waals surface area contributed by atoms with Crippen LogP contribution in [0.15, 0.2) is 190 Å². The molecule has 4 aromatic heterocycles. The molecule has 2 N–H and O–H groups in total. The van der Waals surface area contributed by atoms with Gasteiger partial charge < -0.3 is 14.6 Å². The van der Waals surface area contributed by atoms with E-state index in [2.05, 4.69) is 170 Å². The Morgan fingerprint density at radius 1 is 0.468 bits per heavy atom. The molecule has 0 aliphatic rings. The molecule has 0 saturated carbocycles. The predicted octanol–water partition coefficient (Wildman–Crippen LogP) is 22.3. The first-order chi connectivity index (χ1) is 44.2. The Labute approximate surface area is 587 Å². The maximum absolute atomic E-state index is 11.7. The third-order valence-corrected chi connectivity index (χ3v) is 24.6. The van der Waals surface area contributed by atoms with Crippen LogP contribution in [0.4, 0.5) is 0 Å². The fraction of sp³-hybridized carbons (Fsp3) is 0.317. The minimum Gasteiger partial charge on any atom is 0 e. The van der Waals surface area contributed by atoms with Gasteiger partial charge in [-0.25, -0.2) is 0 Å². The Bertz CT molecular complexity index is 4360. The van der Waals surface area contributed by atoms with Gasteiger partial charge in [0.05, 0.1) is 30.7 Å². The number of para-hydroxylation sites is 2. The molecule has 94 heavy (non-hydrogen) atoms. The van der Waals surface area contributed by atoms with Gasteiger partial charge in [0, 0.05) is 86.8 Å². The average molecular weight is 1690 g/mol. The van der Waals surface area contributed by atoms with Crippen LogP contribution in [0, 0.1) is 35.8 Å². The van der Waals surface area contributed by atoms with Gasteiger partial charge in [-0.2, -0.15) is 0 Å². The van der Waals surface area contributed by atoms with Gasteiger partial charge in [-0.3, -0.25) is 14.6 Å². The molecule has 0 bridgehead atoms. The number of hydrogen-bond acceptors (Lipinski definition) is 8. The third-order valence-electron chi connectivity index (χ3n) is 18.4. The molecule has 0 amide bonds. The van der Waals surface area contributed by atoms with E-state index in [-0.39, 0.29) is 87.0 Å². The molecular formula is C82H92GeIr2N2O6Si-2. The Balaban J connectivity index is 0.000000187. The van der Waals surface area contributed by atoms with Gasteiger partial charge in [-0.15, -0.1) is 18.2 Å². The Hall–Kier alpha value is -6.82. The predicted molar refractivity (Wildman–Crippen MR) is 395 cm³/mol. The van der Waals surface area contributed by atoms with Crippen molar-refractivity contribution in [3.8, 4) is 22.5 Å². The third kappa shape index (κ3) is 16.5. The fourth-order valence-electron chi connectivity index (χ4n) is 12.8. The number of fused-ring (bicyclic) bond motifs is 12. The van der Waals surface area contributed by atoms with Gasteiger partial charge in [0.25, 0.3) is 0 Å². The SMILES string of the molecule is CCC(CC)C(=O)C=C(O)C(CC)CC.CCC(CC)C(=O)C=C(O)C(CC)CC.C[Si](C)(C)c1cc(-c2[c-]ccc3c2oc2ccccc23)nc2ccc3ccccc3c12.[CH3][Ge]([CH3])([CH3])[c]1cc(-c2[c-]ccc3c2oc2ccccc23)nc2ccc3ccccc3c12.[Ir].[Ir]. The van der Waals surface area contributed by atoms with Gasteiger partial charge >= 0.3 is 184 Å². The second-order valence-electron chi connectivity index (χ2n) is 26.4. The molecule has 4 heterocycles. The smallest absolute Gasteiger partial charge is 0 e. The quantitative estimate of drug-likeness (QED) is 0.0286. The summed E-state index contributed by atoms with van der Waals surface area (Å²) in [7, 11) is -1.66. The molecule has 0 saturated heterocycles. The van der Waals surface area contributed by atoms with Crippen LogP contribution >= 0.6 is 0 Å². The summed E-state index contributed by atoms with van der Waals surface area (Å²) < 4.78 is 14.0. The van der Waals surface area contributed by atoms with E-state index in [1.165, 1.54) is 54.1 Å². The van der Waals surface area contributed by atoms with E-state index in [1.807, 2.05) is 91.8 Å². The first-order valence-electron chi connectivity index (χ1n) is 33.4. The molecule has 0 fully saturated rings. The Kier molecular flexibility index (Phi) is 26.4. The van der Waals surface area contributed by atoms with Crippen molar-refractivity contribution < 1.29 is 68.8 Å². The zero-order valence-corrected chi connectivity index (χ0v) is 65.1. The molecular weight excluding hydrogens is 1590 g/mol. The molecule has 0 unspecified atom stereocenters. The normalized spacial score (nSPS) is 12.1. The number of aliphatic hydroxyl groups is 2. The number of carbonyl (C=O) groups excluding carboxylic acids is 2. The van der Waals surface area contributed by atoms with Crippen LogP contribution in [0.1, 0.15) is 107 Å². The van der Waals surface area contributed by atoms with Crippen LogP contribution in [0.3, 0.4) is 0 Å². The van der Waals surface area contributed by atoms with Crippen molar-refractivity contribution in [1.29, 1.82) is 0 Å². The summed E-state index contributed by atoms with van der Waals surface area (Å²) in [6, 6.07) is 61.9. The number of benzene rings is 8. The molecule has 0 spiro atoms. The second kappa shape index (κ2) is 33.2. The molecule has 8 aromatic carbocycles. The summed E-state index contributed by atoms with van der Waals surface area (Å²) in [4.78, 5) is 33.7. The summed E-state index contributed by atoms with van der Waals surface area (Å²) >= 11 is -2.23. The maximum Gasteiger partial charge on any atom is 0 e. The van der Waals surface area contributed by atoms with Gasteiger partial charge in [-0.1, -0.05) is 146 Å². The monoisotopic (exact) mass is 1690 g/mol. The largest absolute Gasteiger partial charge is 0 e. The van der Waals surface area contributed by atoms with Gasteiger partial charge in [0.1, 0.15) is 5.58 Å². The van der Waals surface area contributed by atoms with E-state index in [1.54, 1.807) is 0 Å². The zero-order valence-electron chi connectivity index (χ0n) is 57.2. The molecule has 12 aromatic rings. The number of pyridine rings is 2. The van der Waals surface area contributed by atoms with E-state index >= 15 is 0 Å². The molecule has 0 atom stereocenters. The van der Waals surface area contributed by atoms with Crippen molar-refractivity contribution in [2.24, 2.45) is 23.7 Å². The number of carbonyl (C=O) groups is 2. The number of aromatic nitrogens is 2. The van der Waals surface area contributed by atoms with Crippen LogP contribution in [-0.4, -0.2) is 53.1 Å². The minimum atomic E-state index is -2.23. The topological polar surface area (TPSA) is 127 Å². The summed E-state index contributed by atoms with van der Waals surface area (Å²) in [5, 5.41) is 33.1. The van der Waals surface area contributed by atoms with Crippen molar-refractivity contribution in [3.63, 3.8) is 0 Å². The second-order valence-corrected chi connectivity index (χ2v) is 42.0. The minimum absolute atomic E-state index is 0. The zero-order chi connectivity index (χ0) is 66.0. The standard InChI is InChI=1S/C28H22GeNO.C28H22NOSi.2C13H24O2.2Ir/c1-29(2,3)23-17-25(30-24-16-15-18-9-4-5-10-19(18)27(23)24)22-13-8-12-21-20-11-6-7-14-26(20)31-28(21)22;1-31(2,3)26-17-24(29-23-16-15-18-9-4-5-10-19(18)27(23)26)22-13-8-12-21-20-11-6-7-14-25(20)30-28(21)22;2*1-5-10(6-2)12(14)9-13(15)11(7-3)8-4;;/h2*4-12,14-17H,1-3H3;2*9-11,14H,5-8H2,1-4H3;;/q2*-1;;;;. The van der Waals surface area contributed by atoms with Crippen LogP contribution in [0.25, 0.3) is 110 Å². The molecule has 12 heteroatoms. The summed E-state index contributed by atoms with van der Waals surface area (Å²) in [6.07, 6.45) is 9.81. The van der Waals surface area contributed by atoms with E-state index in [4.69, 9.17) is 18.8 Å². The molecule has 494 valence electrons. The number of aliphatic hydroxyl groups excluding tert-OH is 2. The van der Waals surface area contributed by atoms with Crippen molar-refractivity contribution in [2.75, 3.05) is 0 Å². The van der Waals surface area contributed by atoms with Crippen LogP contribution in [0.5, 0.6) is 0 Å². The van der Waals surface area contributed by atoms with Crippen LogP contribution in [-0.2, 0) is 49.8 Å². The van der Waals surface area contributed by atoms with Gasteiger partial charge in [0.15, 0.2) is 11.6 Å². The van der Waals surface area contributed by atoms with Crippen LogP contribution < -0.4 is 9.58 Å². The summed E-state index contributed by atoms with van der Waals surface area (Å²) in [5.41, 5.74) is 9.37. The van der Waals surface area contributed by atoms with Crippen molar-refractivity contribution >= 4 is 130 Å².